The second-order valence-corrected chi connectivity index (χ2v) is 6.80. The van der Waals surface area contributed by atoms with Crippen LogP contribution in [-0.4, -0.2) is 8.76 Å². The van der Waals surface area contributed by atoms with Crippen molar-refractivity contribution in [3.05, 3.63) is 65.2 Å². The predicted molar refractivity (Wildman–Crippen MR) is 79.0 cm³/mol. The molecular weight excluding hydrogens is 288 g/mol. The monoisotopic (exact) mass is 300 g/mol. The van der Waals surface area contributed by atoms with E-state index in [0.717, 1.165) is 10.6 Å². The molecule has 0 spiro atoms. The molecule has 0 aliphatic heterocycles. The third kappa shape index (κ3) is 5.60. The Hall–Kier alpha value is -0.940. The van der Waals surface area contributed by atoms with Gasteiger partial charge in [-0.2, -0.15) is 0 Å². The maximum absolute atomic E-state index is 10.9. The topological polar surface area (TPSA) is 37.3 Å². The molecule has 96 valence electrons. The summed E-state index contributed by atoms with van der Waals surface area (Å²) >= 11 is 9.92. The molecular formula is C13H13ClO2S2. The van der Waals surface area contributed by atoms with Crippen molar-refractivity contribution >= 4 is 31.6 Å². The van der Waals surface area contributed by atoms with Crippen molar-refractivity contribution in [1.29, 1.82) is 0 Å². The van der Waals surface area contributed by atoms with E-state index in [-0.39, 0.29) is 0 Å². The van der Waals surface area contributed by atoms with Crippen LogP contribution in [0.25, 0.3) is 0 Å². The Bertz CT molecular complexity index is 578. The van der Waals surface area contributed by atoms with Crippen LogP contribution in [0.15, 0.2) is 59.5 Å². The minimum absolute atomic E-state index is 0.304. The maximum atomic E-state index is 10.9. The fourth-order valence-electron chi connectivity index (χ4n) is 1.12. The molecule has 0 amide bonds. The molecule has 1 N–H and O–H groups in total. The number of aryl methyl sites for hydroxylation is 1. The molecule has 2 aromatic carbocycles. The Morgan fingerprint density at radius 2 is 1.56 bits per heavy atom. The van der Waals surface area contributed by atoms with Crippen LogP contribution < -0.4 is 0 Å². The lowest BCUT2D eigenvalue weighted by molar-refractivity contribution is 0.561. The summed E-state index contributed by atoms with van der Waals surface area (Å²) in [6.45, 7) is 1.91. The Morgan fingerprint density at radius 3 is 1.89 bits per heavy atom. The van der Waals surface area contributed by atoms with Gasteiger partial charge in [0.15, 0.2) is 8.77 Å². The van der Waals surface area contributed by atoms with E-state index >= 15 is 0 Å². The maximum Gasteiger partial charge on any atom is 0.171 e. The second kappa shape index (κ2) is 6.85. The van der Waals surface area contributed by atoms with Crippen molar-refractivity contribution in [1.82, 2.24) is 0 Å². The van der Waals surface area contributed by atoms with Crippen molar-refractivity contribution in [2.24, 2.45) is 0 Å². The SMILES string of the molecule is Cc1ccc([S@](=O)(O)=S)cc1.Clc1ccccc1. The van der Waals surface area contributed by atoms with Crippen LogP contribution in [0.4, 0.5) is 0 Å². The first kappa shape index (κ1) is 15.1. The van der Waals surface area contributed by atoms with Crippen LogP contribution in [0.2, 0.25) is 5.02 Å². The van der Waals surface area contributed by atoms with Gasteiger partial charge in [-0.15, -0.1) is 0 Å². The molecule has 0 fully saturated rings. The Balaban J connectivity index is 0.000000199. The quantitative estimate of drug-likeness (QED) is 0.867. The van der Waals surface area contributed by atoms with Gasteiger partial charge in [0.25, 0.3) is 0 Å². The zero-order valence-corrected chi connectivity index (χ0v) is 12.1. The van der Waals surface area contributed by atoms with Crippen LogP contribution in [-0.2, 0) is 20.0 Å². The molecule has 0 aliphatic rings. The van der Waals surface area contributed by atoms with E-state index in [1.54, 1.807) is 24.3 Å². The van der Waals surface area contributed by atoms with E-state index in [9.17, 15) is 4.21 Å². The van der Waals surface area contributed by atoms with E-state index in [2.05, 4.69) is 11.2 Å². The zero-order valence-electron chi connectivity index (χ0n) is 9.75. The first-order chi connectivity index (χ1) is 8.39. The predicted octanol–water partition coefficient (Wildman–Crippen LogP) is 3.91. The first-order valence-corrected chi connectivity index (χ1v) is 7.96. The summed E-state index contributed by atoms with van der Waals surface area (Å²) in [7, 11) is -3.19. The average molecular weight is 301 g/mol. The average Bonchev–Trinajstić information content (AvgIpc) is 2.30. The van der Waals surface area contributed by atoms with E-state index in [1.807, 2.05) is 37.3 Å². The fourth-order valence-corrected chi connectivity index (χ4v) is 2.08. The Morgan fingerprint density at radius 1 is 1.06 bits per heavy atom. The first-order valence-electron chi connectivity index (χ1n) is 5.14. The van der Waals surface area contributed by atoms with Crippen LogP contribution in [0.5, 0.6) is 0 Å². The molecule has 2 nitrogen and oxygen atoms in total. The van der Waals surface area contributed by atoms with Crippen molar-refractivity contribution in [2.45, 2.75) is 11.8 Å². The molecule has 0 aliphatic carbocycles. The lowest BCUT2D eigenvalue weighted by Crippen LogP contribution is -1.95. The number of rotatable bonds is 1. The van der Waals surface area contributed by atoms with Gasteiger partial charge in [0.05, 0.1) is 4.90 Å². The molecule has 0 unspecified atom stereocenters. The summed E-state index contributed by atoms with van der Waals surface area (Å²) < 4.78 is 19.8. The highest BCUT2D eigenvalue weighted by Crippen LogP contribution is 2.09. The largest absolute Gasteiger partial charge is 0.302 e. The Kier molecular flexibility index (Phi) is 5.75. The van der Waals surface area contributed by atoms with E-state index in [1.165, 1.54) is 0 Å². The molecule has 5 heteroatoms. The molecule has 0 saturated carbocycles. The Labute approximate surface area is 117 Å². The zero-order chi connectivity index (χ0) is 13.6. The summed E-state index contributed by atoms with van der Waals surface area (Å²) in [6.07, 6.45) is 0. The number of benzene rings is 2. The van der Waals surface area contributed by atoms with Crippen LogP contribution in [0, 0.1) is 6.92 Å². The third-order valence-corrected chi connectivity index (χ3v) is 3.75. The van der Waals surface area contributed by atoms with E-state index in [0.29, 0.717) is 4.90 Å². The smallest absolute Gasteiger partial charge is 0.171 e. The van der Waals surface area contributed by atoms with Crippen molar-refractivity contribution < 1.29 is 8.76 Å². The molecule has 0 bridgehead atoms. The summed E-state index contributed by atoms with van der Waals surface area (Å²) in [5.74, 6) is 0. The molecule has 1 atom stereocenters. The minimum Gasteiger partial charge on any atom is -0.302 e. The highest BCUT2D eigenvalue weighted by molar-refractivity contribution is 8.29. The van der Waals surface area contributed by atoms with Crippen LogP contribution in [0.3, 0.4) is 0 Å². The second-order valence-electron chi connectivity index (χ2n) is 3.58. The van der Waals surface area contributed by atoms with Crippen molar-refractivity contribution in [3.8, 4) is 0 Å². The summed E-state index contributed by atoms with van der Waals surface area (Å²) in [6, 6.07) is 16.1. The number of hydrogen-bond donors (Lipinski definition) is 1. The van der Waals surface area contributed by atoms with Gasteiger partial charge in [-0.1, -0.05) is 47.5 Å². The molecule has 0 saturated heterocycles. The summed E-state index contributed by atoms with van der Waals surface area (Å²) in [5, 5.41) is 0.794. The number of hydrogen-bond acceptors (Lipinski definition) is 2. The normalized spacial score (nSPS) is 13.1. The van der Waals surface area contributed by atoms with E-state index < -0.39 is 8.77 Å². The minimum atomic E-state index is -3.19. The van der Waals surface area contributed by atoms with Gasteiger partial charge >= 0.3 is 0 Å². The lowest BCUT2D eigenvalue weighted by Gasteiger charge is -1.98. The lowest BCUT2D eigenvalue weighted by atomic mass is 10.2. The van der Waals surface area contributed by atoms with Gasteiger partial charge in [0.1, 0.15) is 0 Å². The molecule has 0 radical (unpaired) electrons. The van der Waals surface area contributed by atoms with Gasteiger partial charge in [-0.05, 0) is 31.2 Å². The molecule has 2 aromatic rings. The van der Waals surface area contributed by atoms with Crippen molar-refractivity contribution in [3.63, 3.8) is 0 Å². The van der Waals surface area contributed by atoms with Gasteiger partial charge in [0.2, 0.25) is 0 Å². The number of halogens is 1. The standard InChI is InChI=1S/C7H8O2S2.C6H5Cl/c1-6-2-4-7(5-3-6)11(8,9)10;7-6-4-2-1-3-5-6/h2-5H,1H3,(H,8,9,10);1-5H. The highest BCUT2D eigenvalue weighted by atomic mass is 35.5. The fraction of sp³-hybridized carbons (Fsp3) is 0.0769. The molecule has 0 heterocycles. The van der Waals surface area contributed by atoms with Gasteiger partial charge in [-0.25, -0.2) is 4.21 Å². The van der Waals surface area contributed by atoms with Gasteiger partial charge < -0.3 is 4.55 Å². The molecule has 0 aromatic heterocycles. The highest BCUT2D eigenvalue weighted by Gasteiger charge is 2.02. The van der Waals surface area contributed by atoms with Crippen molar-refractivity contribution in [2.75, 3.05) is 0 Å². The van der Waals surface area contributed by atoms with Gasteiger partial charge in [-0.3, -0.25) is 0 Å². The van der Waals surface area contributed by atoms with Gasteiger partial charge in [0, 0.05) is 16.2 Å². The summed E-state index contributed by atoms with van der Waals surface area (Å²) in [4.78, 5) is 0.304. The van der Waals surface area contributed by atoms with Crippen LogP contribution in [0.1, 0.15) is 5.56 Å². The third-order valence-electron chi connectivity index (χ3n) is 2.05. The van der Waals surface area contributed by atoms with E-state index in [4.69, 9.17) is 16.2 Å². The van der Waals surface area contributed by atoms with Crippen LogP contribution >= 0.6 is 11.6 Å². The molecule has 18 heavy (non-hydrogen) atoms. The molecule has 2 rings (SSSR count). The summed E-state index contributed by atoms with van der Waals surface area (Å²) in [5.41, 5.74) is 1.05.